The second-order valence-corrected chi connectivity index (χ2v) is 7.99. The summed E-state index contributed by atoms with van der Waals surface area (Å²) in [6, 6.07) is 7.21. The lowest BCUT2D eigenvalue weighted by molar-refractivity contribution is 0.200. The number of benzene rings is 1. The molecule has 0 spiro atoms. The zero-order chi connectivity index (χ0) is 18.8. The number of likely N-dealkylation sites (tertiary alicyclic amines) is 1. The summed E-state index contributed by atoms with van der Waals surface area (Å²) in [5.41, 5.74) is 0.883. The minimum Gasteiger partial charge on any atom is -0.296 e. The molecule has 1 aromatic heterocycles. The van der Waals surface area contributed by atoms with Crippen LogP contribution in [-0.2, 0) is 13.2 Å². The molecular weight excluding hydrogens is 361 g/mol. The highest BCUT2D eigenvalue weighted by molar-refractivity contribution is 7.71. The molecule has 1 aliphatic carbocycles. The van der Waals surface area contributed by atoms with Gasteiger partial charge in [0.2, 0.25) is 4.77 Å². The summed E-state index contributed by atoms with van der Waals surface area (Å²) < 4.78 is 18.1. The zero-order valence-electron chi connectivity index (χ0n) is 16.0. The summed E-state index contributed by atoms with van der Waals surface area (Å²) in [5.74, 6) is 0.710. The molecule has 4 rings (SSSR count). The molecule has 1 saturated carbocycles. The van der Waals surface area contributed by atoms with Crippen molar-refractivity contribution in [1.82, 2.24) is 24.1 Å². The molecule has 0 N–H and O–H groups in total. The molecule has 146 valence electrons. The first-order valence-corrected chi connectivity index (χ1v) is 10.5. The molecule has 2 heterocycles. The van der Waals surface area contributed by atoms with Gasteiger partial charge in [-0.25, -0.2) is 9.07 Å². The van der Waals surface area contributed by atoms with Gasteiger partial charge in [0.05, 0.1) is 13.2 Å². The first-order chi connectivity index (χ1) is 13.2. The number of hydrogen-bond donors (Lipinski definition) is 0. The van der Waals surface area contributed by atoms with Crippen LogP contribution in [0.25, 0.3) is 5.69 Å². The Labute approximate surface area is 165 Å². The van der Waals surface area contributed by atoms with E-state index in [1.54, 1.807) is 12.1 Å². The van der Waals surface area contributed by atoms with E-state index >= 15 is 0 Å². The summed E-state index contributed by atoms with van der Waals surface area (Å²) in [6.45, 7) is 6.90. The predicted octanol–water partition coefficient (Wildman–Crippen LogP) is 3.97. The van der Waals surface area contributed by atoms with Gasteiger partial charge < -0.3 is 0 Å². The van der Waals surface area contributed by atoms with Crippen LogP contribution >= 0.6 is 12.2 Å². The average molecular weight is 390 g/mol. The van der Waals surface area contributed by atoms with E-state index in [0.29, 0.717) is 10.8 Å². The second kappa shape index (κ2) is 8.20. The Kier molecular flexibility index (Phi) is 5.71. The average Bonchev–Trinajstić information content (AvgIpc) is 3.48. The fourth-order valence-electron chi connectivity index (χ4n) is 3.90. The molecule has 0 radical (unpaired) electrons. The monoisotopic (exact) mass is 389 g/mol. The van der Waals surface area contributed by atoms with Crippen molar-refractivity contribution >= 4 is 12.2 Å². The van der Waals surface area contributed by atoms with E-state index in [-0.39, 0.29) is 5.82 Å². The molecule has 2 aromatic rings. The van der Waals surface area contributed by atoms with Crippen molar-refractivity contribution in [1.29, 1.82) is 0 Å². The largest absolute Gasteiger partial charge is 0.296 e. The van der Waals surface area contributed by atoms with Crippen LogP contribution in [0.15, 0.2) is 24.3 Å². The quantitative estimate of drug-likeness (QED) is 0.670. The van der Waals surface area contributed by atoms with Crippen molar-refractivity contribution in [3.63, 3.8) is 0 Å². The molecule has 1 saturated heterocycles. The number of aromatic nitrogens is 3. The van der Waals surface area contributed by atoms with E-state index in [1.165, 1.54) is 44.2 Å². The van der Waals surface area contributed by atoms with Crippen LogP contribution in [0.3, 0.4) is 0 Å². The summed E-state index contributed by atoms with van der Waals surface area (Å²) in [4.78, 5) is 4.88. The maximum Gasteiger partial charge on any atom is 0.203 e. The van der Waals surface area contributed by atoms with Crippen molar-refractivity contribution in [2.75, 3.05) is 19.6 Å². The summed E-state index contributed by atoms with van der Waals surface area (Å²) in [5, 5.41) is 4.90. The van der Waals surface area contributed by atoms with Gasteiger partial charge >= 0.3 is 0 Å². The van der Waals surface area contributed by atoms with Gasteiger partial charge in [0.15, 0.2) is 5.82 Å². The Morgan fingerprint density at radius 2 is 1.85 bits per heavy atom. The van der Waals surface area contributed by atoms with Crippen molar-refractivity contribution in [2.24, 2.45) is 0 Å². The Morgan fingerprint density at radius 3 is 2.48 bits per heavy atom. The molecular formula is C20H28FN5S. The zero-order valence-corrected chi connectivity index (χ0v) is 16.8. The predicted molar refractivity (Wildman–Crippen MR) is 107 cm³/mol. The number of hydrogen-bond acceptors (Lipinski definition) is 4. The summed E-state index contributed by atoms with van der Waals surface area (Å²) in [7, 11) is 0. The minimum atomic E-state index is -0.235. The summed E-state index contributed by atoms with van der Waals surface area (Å²) >= 11 is 5.79. The Morgan fingerprint density at radius 1 is 1.15 bits per heavy atom. The third-order valence-electron chi connectivity index (χ3n) is 5.59. The molecule has 0 unspecified atom stereocenters. The van der Waals surface area contributed by atoms with Crippen LogP contribution in [0.2, 0.25) is 0 Å². The molecule has 0 amide bonds. The highest BCUT2D eigenvalue weighted by Crippen LogP contribution is 2.27. The highest BCUT2D eigenvalue weighted by atomic mass is 32.1. The van der Waals surface area contributed by atoms with Crippen LogP contribution in [-0.4, -0.2) is 49.8 Å². The van der Waals surface area contributed by atoms with Gasteiger partial charge in [-0.3, -0.25) is 14.4 Å². The number of piperidine rings is 1. The van der Waals surface area contributed by atoms with Crippen LogP contribution < -0.4 is 0 Å². The lowest BCUT2D eigenvalue weighted by Crippen LogP contribution is -2.30. The third kappa shape index (κ3) is 4.31. The molecule has 2 aliphatic rings. The molecule has 27 heavy (non-hydrogen) atoms. The van der Waals surface area contributed by atoms with Crippen molar-refractivity contribution in [2.45, 2.75) is 58.3 Å². The van der Waals surface area contributed by atoms with Crippen LogP contribution in [0.1, 0.15) is 44.9 Å². The van der Waals surface area contributed by atoms with Crippen LogP contribution in [0.5, 0.6) is 0 Å². The van der Waals surface area contributed by atoms with E-state index in [4.69, 9.17) is 17.3 Å². The Hall–Kier alpha value is -1.57. The van der Waals surface area contributed by atoms with Crippen LogP contribution in [0, 0.1) is 10.6 Å². The van der Waals surface area contributed by atoms with Gasteiger partial charge in [-0.1, -0.05) is 13.3 Å². The lowest BCUT2D eigenvalue weighted by atomic mass is 10.1. The Balaban J connectivity index is 1.67. The number of nitrogens with zero attached hydrogens (tertiary/aromatic N) is 5. The summed E-state index contributed by atoms with van der Waals surface area (Å²) in [6.07, 6.45) is 6.32. The first kappa shape index (κ1) is 18.8. The topological polar surface area (TPSA) is 29.2 Å². The van der Waals surface area contributed by atoms with E-state index in [1.807, 2.05) is 9.25 Å². The van der Waals surface area contributed by atoms with Gasteiger partial charge in [0.1, 0.15) is 5.82 Å². The fourth-order valence-corrected chi connectivity index (χ4v) is 4.21. The standard InChI is InChI=1S/C20H28FN5S/c1-2-24(17-10-11-17)15-25-20(27)26(18-8-6-16(21)7-9-18)19(22-25)14-23-12-4-3-5-13-23/h6-9,17H,2-5,10-15H2,1H3. The molecule has 0 bridgehead atoms. The van der Waals surface area contributed by atoms with Gasteiger partial charge in [-0.15, -0.1) is 0 Å². The van der Waals surface area contributed by atoms with Gasteiger partial charge in [0.25, 0.3) is 0 Å². The first-order valence-electron chi connectivity index (χ1n) is 10.1. The highest BCUT2D eigenvalue weighted by Gasteiger charge is 2.29. The van der Waals surface area contributed by atoms with E-state index < -0.39 is 0 Å². The maximum atomic E-state index is 13.4. The third-order valence-corrected chi connectivity index (χ3v) is 5.98. The molecule has 1 aromatic carbocycles. The molecule has 2 fully saturated rings. The second-order valence-electron chi connectivity index (χ2n) is 7.62. The van der Waals surface area contributed by atoms with Crippen molar-refractivity contribution in [3.05, 3.63) is 40.7 Å². The Bertz CT molecular complexity index is 818. The van der Waals surface area contributed by atoms with Crippen molar-refractivity contribution in [3.8, 4) is 5.69 Å². The van der Waals surface area contributed by atoms with Gasteiger partial charge in [-0.05, 0) is 81.8 Å². The number of halogens is 1. The van der Waals surface area contributed by atoms with Gasteiger partial charge in [0, 0.05) is 11.7 Å². The van der Waals surface area contributed by atoms with Crippen molar-refractivity contribution < 1.29 is 4.39 Å². The van der Waals surface area contributed by atoms with E-state index in [9.17, 15) is 4.39 Å². The normalized spacial score (nSPS) is 18.3. The van der Waals surface area contributed by atoms with Crippen LogP contribution in [0.4, 0.5) is 4.39 Å². The molecule has 0 atom stereocenters. The molecule has 1 aliphatic heterocycles. The molecule has 7 heteroatoms. The molecule has 5 nitrogen and oxygen atoms in total. The van der Waals surface area contributed by atoms with E-state index in [0.717, 1.165) is 44.4 Å². The van der Waals surface area contributed by atoms with Gasteiger partial charge in [-0.2, -0.15) is 5.10 Å². The minimum absolute atomic E-state index is 0.235. The number of rotatable bonds is 7. The maximum absolute atomic E-state index is 13.4. The lowest BCUT2D eigenvalue weighted by Gasteiger charge is -2.25. The van der Waals surface area contributed by atoms with E-state index in [2.05, 4.69) is 16.7 Å². The fraction of sp³-hybridized carbons (Fsp3) is 0.600. The smallest absolute Gasteiger partial charge is 0.203 e. The SMILES string of the molecule is CCN(Cn1nc(CN2CCCCC2)n(-c2ccc(F)cc2)c1=S)C1CC1.